The summed E-state index contributed by atoms with van der Waals surface area (Å²) in [4.78, 5) is 25.3. The van der Waals surface area contributed by atoms with E-state index in [0.717, 1.165) is 38.5 Å². The average Bonchev–Trinajstić information content (AvgIpc) is 3.19. The largest absolute Gasteiger partial charge is 0.756 e. The van der Waals surface area contributed by atoms with Crippen molar-refractivity contribution in [3.05, 3.63) is 0 Å². The van der Waals surface area contributed by atoms with E-state index in [1.807, 2.05) is 21.1 Å². The highest BCUT2D eigenvalue weighted by Crippen LogP contribution is 2.38. The molecule has 0 heterocycles. The predicted octanol–water partition coefficient (Wildman–Crippen LogP) is 14.3. The van der Waals surface area contributed by atoms with Crippen molar-refractivity contribution in [2.75, 3.05) is 40.9 Å². The van der Waals surface area contributed by atoms with Gasteiger partial charge in [-0.15, -0.1) is 0 Å². The van der Waals surface area contributed by atoms with Gasteiger partial charge >= 0.3 is 0 Å². The Kier molecular flexibility index (Phi) is 42.4. The average molecular weight is 859 g/mol. The van der Waals surface area contributed by atoms with Gasteiger partial charge in [0, 0.05) is 6.42 Å². The van der Waals surface area contributed by atoms with Crippen LogP contribution in [0.2, 0.25) is 0 Å². The van der Waals surface area contributed by atoms with Gasteiger partial charge in [0.05, 0.1) is 39.9 Å². The van der Waals surface area contributed by atoms with Crippen LogP contribution in [0.5, 0.6) is 0 Å². The van der Waals surface area contributed by atoms with Crippen molar-refractivity contribution in [3.63, 3.8) is 0 Å². The Morgan fingerprint density at radius 1 is 0.525 bits per heavy atom. The zero-order valence-electron chi connectivity index (χ0n) is 40.2. The molecule has 0 rings (SSSR count). The lowest BCUT2D eigenvalue weighted by Crippen LogP contribution is -2.46. The van der Waals surface area contributed by atoms with E-state index in [1.54, 1.807) is 0 Å². The summed E-state index contributed by atoms with van der Waals surface area (Å²) < 4.78 is 23.2. The van der Waals surface area contributed by atoms with Gasteiger partial charge in [0.1, 0.15) is 13.2 Å². The minimum absolute atomic E-state index is 0.0158. The molecule has 0 spiro atoms. The van der Waals surface area contributed by atoms with Crippen LogP contribution in [-0.2, 0) is 18.4 Å². The van der Waals surface area contributed by atoms with E-state index in [4.69, 9.17) is 9.05 Å². The first-order valence-corrected chi connectivity index (χ1v) is 27.3. The summed E-state index contributed by atoms with van der Waals surface area (Å²) in [6, 6.07) is -0.792. The number of nitrogens with zero attached hydrogens (tertiary/aromatic N) is 1. The van der Waals surface area contributed by atoms with Crippen molar-refractivity contribution in [3.8, 4) is 0 Å². The second-order valence-corrected chi connectivity index (χ2v) is 20.7. The number of hydrogen-bond donors (Lipinski definition) is 2. The van der Waals surface area contributed by atoms with Gasteiger partial charge in [-0.05, 0) is 12.8 Å². The predicted molar refractivity (Wildman–Crippen MR) is 252 cm³/mol. The lowest BCUT2D eigenvalue weighted by atomic mass is 10.0. The molecule has 8 nitrogen and oxygen atoms in total. The van der Waals surface area contributed by atoms with E-state index in [0.29, 0.717) is 23.9 Å². The molecule has 354 valence electrons. The number of hydrogen-bond acceptors (Lipinski definition) is 6. The molecule has 0 radical (unpaired) electrons. The third-order valence-corrected chi connectivity index (χ3v) is 13.1. The Hall–Kier alpha value is -0.500. The number of phosphoric ester groups is 1. The minimum Gasteiger partial charge on any atom is -0.756 e. The monoisotopic (exact) mass is 859 g/mol. The number of carbonyl (C=O) groups is 1. The number of phosphoric acid groups is 1. The normalized spacial score (nSPS) is 14.1. The zero-order valence-corrected chi connectivity index (χ0v) is 41.1. The lowest BCUT2D eigenvalue weighted by molar-refractivity contribution is -0.870. The molecule has 0 aromatic heterocycles. The standard InChI is InChI=1S/C50H103N2O6P/c1-6-8-10-12-14-16-17-18-19-20-21-22-23-24-25-26-27-28-29-30-31-32-33-34-36-38-40-42-44-50(54)51-48(47-58-59(55,56)57-46-45-52(3,4)5)49(53)43-41-39-37-35-15-13-11-9-7-2/h48-49,53H,6-47H2,1-5H3,(H-,51,54,55,56). The van der Waals surface area contributed by atoms with Crippen molar-refractivity contribution in [2.45, 2.75) is 276 Å². The summed E-state index contributed by atoms with van der Waals surface area (Å²) in [6.45, 7) is 4.73. The quantitative estimate of drug-likeness (QED) is 0.0358. The Balaban J connectivity index is 3.95. The second kappa shape index (κ2) is 42.8. The van der Waals surface area contributed by atoms with Crippen molar-refractivity contribution in [2.24, 2.45) is 0 Å². The SMILES string of the molecule is CCCCCCCCCCCCCCCCCCCCCCCCCCCCCCC(=O)NC(COP(=O)([O-])OCC[N+](C)(C)C)C(O)CCCCCCCCCCC. The molecule has 0 saturated carbocycles. The molecule has 59 heavy (non-hydrogen) atoms. The number of rotatable bonds is 48. The van der Waals surface area contributed by atoms with Crippen LogP contribution < -0.4 is 10.2 Å². The van der Waals surface area contributed by atoms with Gasteiger partial charge < -0.3 is 28.8 Å². The van der Waals surface area contributed by atoms with E-state index in [1.165, 1.54) is 199 Å². The number of amides is 1. The lowest BCUT2D eigenvalue weighted by Gasteiger charge is -2.30. The number of carbonyl (C=O) groups excluding carboxylic acids is 1. The van der Waals surface area contributed by atoms with Crippen molar-refractivity contribution in [1.29, 1.82) is 0 Å². The number of quaternary nitrogens is 1. The Morgan fingerprint density at radius 2 is 0.831 bits per heavy atom. The third kappa shape index (κ3) is 45.3. The molecule has 2 N–H and O–H groups in total. The van der Waals surface area contributed by atoms with E-state index in [-0.39, 0.29) is 19.1 Å². The fraction of sp³-hybridized carbons (Fsp3) is 0.980. The zero-order chi connectivity index (χ0) is 43.6. The maximum atomic E-state index is 12.9. The molecular formula is C50H103N2O6P. The maximum Gasteiger partial charge on any atom is 0.268 e. The molecule has 0 aromatic rings. The fourth-order valence-corrected chi connectivity index (χ4v) is 8.71. The summed E-state index contributed by atoms with van der Waals surface area (Å²) in [5.41, 5.74) is 0. The minimum atomic E-state index is -4.55. The second-order valence-electron chi connectivity index (χ2n) is 19.2. The van der Waals surface area contributed by atoms with Gasteiger partial charge in [0.15, 0.2) is 0 Å². The maximum absolute atomic E-state index is 12.9. The van der Waals surface area contributed by atoms with Crippen LogP contribution in [0.3, 0.4) is 0 Å². The highest BCUT2D eigenvalue weighted by atomic mass is 31.2. The number of nitrogens with one attached hydrogen (secondary N) is 1. The van der Waals surface area contributed by atoms with Crippen molar-refractivity contribution in [1.82, 2.24) is 5.32 Å². The molecule has 0 bridgehead atoms. The molecule has 3 unspecified atom stereocenters. The summed E-state index contributed by atoms with van der Waals surface area (Å²) >= 11 is 0. The first kappa shape index (κ1) is 58.5. The van der Waals surface area contributed by atoms with Gasteiger partial charge in [-0.2, -0.15) is 0 Å². The summed E-state index contributed by atoms with van der Waals surface area (Å²) in [7, 11) is 1.32. The van der Waals surface area contributed by atoms with Crippen LogP contribution in [0.1, 0.15) is 264 Å². The molecule has 0 fully saturated rings. The van der Waals surface area contributed by atoms with Crippen LogP contribution in [0, 0.1) is 0 Å². The molecule has 0 saturated heterocycles. The molecule has 0 aliphatic rings. The first-order chi connectivity index (χ1) is 28.5. The Morgan fingerprint density at radius 3 is 1.15 bits per heavy atom. The van der Waals surface area contributed by atoms with E-state index in [9.17, 15) is 19.4 Å². The van der Waals surface area contributed by atoms with E-state index in [2.05, 4.69) is 19.2 Å². The van der Waals surface area contributed by atoms with E-state index < -0.39 is 20.0 Å². The van der Waals surface area contributed by atoms with Crippen LogP contribution in [0.25, 0.3) is 0 Å². The summed E-state index contributed by atoms with van der Waals surface area (Å²) in [6.07, 6.45) is 48.6. The number of aliphatic hydroxyl groups excluding tert-OH is 1. The molecular weight excluding hydrogens is 756 g/mol. The smallest absolute Gasteiger partial charge is 0.268 e. The summed E-state index contributed by atoms with van der Waals surface area (Å²) in [5, 5.41) is 13.9. The number of aliphatic hydroxyl groups is 1. The van der Waals surface area contributed by atoms with Gasteiger partial charge in [-0.3, -0.25) is 9.36 Å². The highest BCUT2D eigenvalue weighted by molar-refractivity contribution is 7.45. The topological polar surface area (TPSA) is 108 Å². The molecule has 0 aromatic carbocycles. The van der Waals surface area contributed by atoms with Gasteiger partial charge in [0.2, 0.25) is 5.91 Å². The molecule has 9 heteroatoms. The Bertz CT molecular complexity index is 932. The van der Waals surface area contributed by atoms with Gasteiger partial charge in [-0.1, -0.05) is 245 Å². The van der Waals surface area contributed by atoms with Crippen LogP contribution in [-0.4, -0.2) is 68.5 Å². The first-order valence-electron chi connectivity index (χ1n) is 25.9. The summed E-state index contributed by atoms with van der Waals surface area (Å²) in [5.74, 6) is -0.161. The third-order valence-electron chi connectivity index (χ3n) is 12.1. The van der Waals surface area contributed by atoms with Gasteiger partial charge in [-0.25, -0.2) is 0 Å². The molecule has 1 amide bonds. The van der Waals surface area contributed by atoms with Crippen LogP contribution in [0.4, 0.5) is 0 Å². The number of likely N-dealkylation sites (N-methyl/N-ethyl adjacent to an activating group) is 1. The van der Waals surface area contributed by atoms with Crippen molar-refractivity contribution < 1.29 is 32.9 Å². The number of unbranched alkanes of at least 4 members (excludes halogenated alkanes) is 35. The molecule has 0 aliphatic carbocycles. The molecule has 3 atom stereocenters. The van der Waals surface area contributed by atoms with Crippen LogP contribution >= 0.6 is 7.82 Å². The van der Waals surface area contributed by atoms with Crippen LogP contribution in [0.15, 0.2) is 0 Å². The van der Waals surface area contributed by atoms with E-state index >= 15 is 0 Å². The molecule has 0 aliphatic heterocycles. The van der Waals surface area contributed by atoms with Crippen molar-refractivity contribution >= 4 is 13.7 Å². The highest BCUT2D eigenvalue weighted by Gasteiger charge is 2.24. The Labute approximate surface area is 368 Å². The van der Waals surface area contributed by atoms with Gasteiger partial charge in [0.25, 0.3) is 7.82 Å². The fourth-order valence-electron chi connectivity index (χ4n) is 7.98.